The highest BCUT2D eigenvalue weighted by atomic mass is 79.9. The Morgan fingerprint density at radius 1 is 1.53 bits per heavy atom. The predicted octanol–water partition coefficient (Wildman–Crippen LogP) is 3.02. The lowest BCUT2D eigenvalue weighted by Crippen LogP contribution is -2.15. The van der Waals surface area contributed by atoms with Crippen molar-refractivity contribution in [2.24, 2.45) is 0 Å². The molecule has 1 N–H and O–H groups in total. The maximum Gasteiger partial charge on any atom is 0.133 e. The Labute approximate surface area is 96.9 Å². The van der Waals surface area contributed by atoms with Crippen molar-refractivity contribution in [3.63, 3.8) is 0 Å². The summed E-state index contributed by atoms with van der Waals surface area (Å²) < 4.78 is 19.6. The molecule has 1 heterocycles. The van der Waals surface area contributed by atoms with Gasteiger partial charge in [0.1, 0.15) is 11.6 Å². The van der Waals surface area contributed by atoms with Crippen LogP contribution in [0.2, 0.25) is 0 Å². The van der Waals surface area contributed by atoms with Gasteiger partial charge in [0.05, 0.1) is 11.6 Å². The molecule has 4 heteroatoms. The third-order valence-corrected chi connectivity index (χ3v) is 3.54. The van der Waals surface area contributed by atoms with E-state index in [1.54, 1.807) is 13.2 Å². The normalized spacial score (nSPS) is 20.6. The number of hydrogen-bond donors (Lipinski definition) is 1. The van der Waals surface area contributed by atoms with E-state index in [1.807, 2.05) is 0 Å². The summed E-state index contributed by atoms with van der Waals surface area (Å²) in [7, 11) is 1.59. The Morgan fingerprint density at radius 3 is 2.93 bits per heavy atom. The monoisotopic (exact) mass is 273 g/mol. The van der Waals surface area contributed by atoms with Crippen molar-refractivity contribution in [3.8, 4) is 5.75 Å². The minimum absolute atomic E-state index is 0.106. The summed E-state index contributed by atoms with van der Waals surface area (Å²) in [5.41, 5.74) is 0.687. The first-order valence-corrected chi connectivity index (χ1v) is 5.78. The zero-order valence-corrected chi connectivity index (χ0v) is 10.1. The Balaban J connectivity index is 2.43. The molecule has 0 saturated carbocycles. The van der Waals surface area contributed by atoms with Gasteiger partial charge in [-0.15, -0.1) is 0 Å². The van der Waals surface area contributed by atoms with Gasteiger partial charge in [-0.1, -0.05) is 0 Å². The molecule has 82 valence electrons. The van der Waals surface area contributed by atoms with Crippen molar-refractivity contribution in [1.82, 2.24) is 5.32 Å². The Hall–Kier alpha value is -0.610. The van der Waals surface area contributed by atoms with Gasteiger partial charge >= 0.3 is 0 Å². The molecule has 0 aliphatic carbocycles. The van der Waals surface area contributed by atoms with Crippen LogP contribution >= 0.6 is 15.9 Å². The Morgan fingerprint density at radius 2 is 2.33 bits per heavy atom. The standard InChI is InChI=1S/C11H13BrFNO/c1-15-9-5-4-7(13)10(11(9)12)8-3-2-6-14-8/h4-5,8,14H,2-3,6H2,1H3. The van der Waals surface area contributed by atoms with E-state index in [4.69, 9.17) is 4.74 Å². The van der Waals surface area contributed by atoms with Gasteiger partial charge in [0.25, 0.3) is 0 Å². The molecule has 1 atom stereocenters. The number of ether oxygens (including phenoxy) is 1. The van der Waals surface area contributed by atoms with Crippen LogP contribution in [0.1, 0.15) is 24.4 Å². The summed E-state index contributed by atoms with van der Waals surface area (Å²) in [6.07, 6.45) is 2.07. The number of nitrogens with one attached hydrogen (secondary N) is 1. The number of benzene rings is 1. The number of halogens is 2. The van der Waals surface area contributed by atoms with Gasteiger partial charge in [0.15, 0.2) is 0 Å². The highest BCUT2D eigenvalue weighted by Crippen LogP contribution is 2.37. The first kappa shape index (κ1) is 10.9. The van der Waals surface area contributed by atoms with Crippen LogP contribution in [-0.2, 0) is 0 Å². The molecule has 0 bridgehead atoms. The van der Waals surface area contributed by atoms with Gasteiger partial charge in [-0.05, 0) is 47.4 Å². The molecular weight excluding hydrogens is 261 g/mol. The quantitative estimate of drug-likeness (QED) is 0.895. The smallest absolute Gasteiger partial charge is 0.133 e. The number of methoxy groups -OCH3 is 1. The van der Waals surface area contributed by atoms with E-state index in [-0.39, 0.29) is 11.9 Å². The number of hydrogen-bond acceptors (Lipinski definition) is 2. The molecular formula is C11H13BrFNO. The lowest BCUT2D eigenvalue weighted by molar-refractivity contribution is 0.408. The van der Waals surface area contributed by atoms with Crippen LogP contribution in [-0.4, -0.2) is 13.7 Å². The molecule has 1 fully saturated rings. The summed E-state index contributed by atoms with van der Waals surface area (Å²) >= 11 is 3.40. The second-order valence-corrected chi connectivity index (χ2v) is 4.42. The van der Waals surface area contributed by atoms with Crippen LogP contribution in [0.4, 0.5) is 4.39 Å². The van der Waals surface area contributed by atoms with E-state index >= 15 is 0 Å². The van der Waals surface area contributed by atoms with Crippen molar-refractivity contribution in [2.75, 3.05) is 13.7 Å². The summed E-state index contributed by atoms with van der Waals surface area (Å²) in [6.45, 7) is 0.952. The van der Waals surface area contributed by atoms with E-state index in [0.29, 0.717) is 11.3 Å². The SMILES string of the molecule is COc1ccc(F)c(C2CCCN2)c1Br. The van der Waals surface area contributed by atoms with Crippen LogP contribution < -0.4 is 10.1 Å². The average Bonchev–Trinajstić information content (AvgIpc) is 2.71. The first-order chi connectivity index (χ1) is 7.24. The van der Waals surface area contributed by atoms with Gasteiger partial charge in [-0.3, -0.25) is 0 Å². The van der Waals surface area contributed by atoms with Crippen LogP contribution in [0, 0.1) is 5.82 Å². The minimum atomic E-state index is -0.179. The zero-order chi connectivity index (χ0) is 10.8. The van der Waals surface area contributed by atoms with E-state index in [2.05, 4.69) is 21.2 Å². The topological polar surface area (TPSA) is 21.3 Å². The summed E-state index contributed by atoms with van der Waals surface area (Å²) in [5, 5.41) is 3.28. The zero-order valence-electron chi connectivity index (χ0n) is 8.52. The van der Waals surface area contributed by atoms with Crippen molar-refractivity contribution in [3.05, 3.63) is 28.0 Å². The lowest BCUT2D eigenvalue weighted by Gasteiger charge is -2.15. The summed E-state index contributed by atoms with van der Waals surface area (Å²) in [6, 6.07) is 3.20. The highest BCUT2D eigenvalue weighted by molar-refractivity contribution is 9.10. The Kier molecular flexibility index (Phi) is 3.26. The second-order valence-electron chi connectivity index (χ2n) is 3.63. The fourth-order valence-corrected chi connectivity index (χ4v) is 2.72. The molecule has 1 aliphatic heterocycles. The molecule has 1 aliphatic rings. The van der Waals surface area contributed by atoms with Gasteiger partial charge in [-0.2, -0.15) is 0 Å². The number of rotatable bonds is 2. The van der Waals surface area contributed by atoms with Gasteiger partial charge < -0.3 is 10.1 Å². The van der Waals surface area contributed by atoms with Crippen molar-refractivity contribution in [2.45, 2.75) is 18.9 Å². The Bertz CT molecular complexity index is 364. The summed E-state index contributed by atoms with van der Waals surface area (Å²) in [5.74, 6) is 0.502. The molecule has 1 aromatic rings. The van der Waals surface area contributed by atoms with E-state index in [9.17, 15) is 4.39 Å². The van der Waals surface area contributed by atoms with Crippen LogP contribution in [0.15, 0.2) is 16.6 Å². The largest absolute Gasteiger partial charge is 0.496 e. The molecule has 0 aromatic heterocycles. The van der Waals surface area contributed by atoms with Gasteiger partial charge in [0.2, 0.25) is 0 Å². The van der Waals surface area contributed by atoms with E-state index in [0.717, 1.165) is 23.9 Å². The summed E-state index contributed by atoms with van der Waals surface area (Å²) in [4.78, 5) is 0. The second kappa shape index (κ2) is 4.49. The predicted molar refractivity (Wildman–Crippen MR) is 60.6 cm³/mol. The van der Waals surface area contributed by atoms with E-state index < -0.39 is 0 Å². The van der Waals surface area contributed by atoms with E-state index in [1.165, 1.54) is 6.07 Å². The molecule has 0 amide bonds. The molecule has 1 aromatic carbocycles. The average molecular weight is 274 g/mol. The minimum Gasteiger partial charge on any atom is -0.496 e. The molecule has 0 spiro atoms. The molecule has 1 saturated heterocycles. The molecule has 15 heavy (non-hydrogen) atoms. The highest BCUT2D eigenvalue weighted by Gasteiger charge is 2.23. The lowest BCUT2D eigenvalue weighted by atomic mass is 10.0. The van der Waals surface area contributed by atoms with Crippen molar-refractivity contribution in [1.29, 1.82) is 0 Å². The molecule has 2 nitrogen and oxygen atoms in total. The maximum atomic E-state index is 13.7. The fourth-order valence-electron chi connectivity index (χ4n) is 1.96. The van der Waals surface area contributed by atoms with Gasteiger partial charge in [0, 0.05) is 11.6 Å². The molecule has 0 radical (unpaired) electrons. The van der Waals surface area contributed by atoms with Crippen molar-refractivity contribution >= 4 is 15.9 Å². The maximum absolute atomic E-state index is 13.7. The van der Waals surface area contributed by atoms with Crippen LogP contribution in [0.3, 0.4) is 0 Å². The molecule has 2 rings (SSSR count). The van der Waals surface area contributed by atoms with Crippen molar-refractivity contribution < 1.29 is 9.13 Å². The fraction of sp³-hybridized carbons (Fsp3) is 0.455. The first-order valence-electron chi connectivity index (χ1n) is 4.99. The van der Waals surface area contributed by atoms with Crippen LogP contribution in [0.25, 0.3) is 0 Å². The molecule has 1 unspecified atom stereocenters. The third kappa shape index (κ3) is 2.01. The van der Waals surface area contributed by atoms with Crippen LogP contribution in [0.5, 0.6) is 5.75 Å². The van der Waals surface area contributed by atoms with Gasteiger partial charge in [-0.25, -0.2) is 4.39 Å². The third-order valence-electron chi connectivity index (χ3n) is 2.72.